The Balaban J connectivity index is 2.38. The number of phenolic OH excluding ortho intramolecular Hbond substituents is 1. The van der Waals surface area contributed by atoms with Crippen molar-refractivity contribution >= 4 is 11.6 Å². The maximum Gasteiger partial charge on any atom is 0.145 e. The smallest absolute Gasteiger partial charge is 0.145 e. The molecule has 0 heterocycles. The van der Waals surface area contributed by atoms with E-state index in [0.717, 1.165) is 12.8 Å². The van der Waals surface area contributed by atoms with Gasteiger partial charge >= 0.3 is 0 Å². The SMILES string of the molecule is N[C@H](c1ccc(F)c(Cl)c1O)C1CC1. The van der Waals surface area contributed by atoms with Crippen molar-refractivity contribution in [3.63, 3.8) is 0 Å². The third-order valence-electron chi connectivity index (χ3n) is 2.59. The van der Waals surface area contributed by atoms with E-state index >= 15 is 0 Å². The first-order valence-electron chi connectivity index (χ1n) is 4.53. The van der Waals surface area contributed by atoms with Gasteiger partial charge in [0, 0.05) is 11.6 Å². The Hall–Kier alpha value is -0.800. The Labute approximate surface area is 86.5 Å². The minimum absolute atomic E-state index is 0.217. The van der Waals surface area contributed by atoms with E-state index in [1.807, 2.05) is 0 Å². The topological polar surface area (TPSA) is 46.2 Å². The van der Waals surface area contributed by atoms with Crippen molar-refractivity contribution in [3.8, 4) is 5.75 Å². The fourth-order valence-electron chi connectivity index (χ4n) is 1.53. The fourth-order valence-corrected chi connectivity index (χ4v) is 1.71. The van der Waals surface area contributed by atoms with E-state index in [1.54, 1.807) is 0 Å². The maximum absolute atomic E-state index is 12.9. The van der Waals surface area contributed by atoms with Crippen LogP contribution in [-0.4, -0.2) is 5.11 Å². The molecule has 0 aromatic heterocycles. The molecule has 0 saturated heterocycles. The highest BCUT2D eigenvalue weighted by molar-refractivity contribution is 6.32. The average molecular weight is 216 g/mol. The molecule has 0 aliphatic heterocycles. The van der Waals surface area contributed by atoms with Crippen LogP contribution in [0.1, 0.15) is 24.4 Å². The molecule has 2 rings (SSSR count). The second-order valence-corrected chi connectivity index (χ2v) is 4.04. The zero-order valence-corrected chi connectivity index (χ0v) is 8.26. The summed E-state index contributed by atoms with van der Waals surface area (Å²) in [6, 6.07) is 2.51. The molecule has 0 radical (unpaired) electrons. The van der Waals surface area contributed by atoms with Gasteiger partial charge in [-0.2, -0.15) is 0 Å². The van der Waals surface area contributed by atoms with E-state index in [9.17, 15) is 9.50 Å². The summed E-state index contributed by atoms with van der Waals surface area (Å²) >= 11 is 5.57. The Morgan fingerprint density at radius 1 is 1.50 bits per heavy atom. The number of aromatic hydroxyl groups is 1. The number of phenols is 1. The molecule has 14 heavy (non-hydrogen) atoms. The van der Waals surface area contributed by atoms with E-state index in [-0.39, 0.29) is 16.8 Å². The average Bonchev–Trinajstić information content (AvgIpc) is 2.97. The molecule has 76 valence electrons. The largest absolute Gasteiger partial charge is 0.506 e. The van der Waals surface area contributed by atoms with Gasteiger partial charge in [0.15, 0.2) is 0 Å². The molecule has 0 amide bonds. The van der Waals surface area contributed by atoms with Crippen LogP contribution in [0.5, 0.6) is 5.75 Å². The van der Waals surface area contributed by atoms with Crippen LogP contribution in [0.15, 0.2) is 12.1 Å². The molecule has 1 fully saturated rings. The van der Waals surface area contributed by atoms with Crippen molar-refractivity contribution < 1.29 is 9.50 Å². The first-order chi connectivity index (χ1) is 6.61. The molecule has 3 N–H and O–H groups in total. The zero-order valence-electron chi connectivity index (χ0n) is 7.50. The van der Waals surface area contributed by atoms with Gasteiger partial charge in [-0.1, -0.05) is 17.7 Å². The second kappa shape index (κ2) is 3.41. The molecule has 1 aliphatic rings. The minimum Gasteiger partial charge on any atom is -0.506 e. The van der Waals surface area contributed by atoms with Gasteiger partial charge in [-0.05, 0) is 24.8 Å². The van der Waals surface area contributed by atoms with Crippen molar-refractivity contribution in [3.05, 3.63) is 28.5 Å². The predicted molar refractivity (Wildman–Crippen MR) is 52.7 cm³/mol. The summed E-state index contributed by atoms with van der Waals surface area (Å²) in [7, 11) is 0. The summed E-state index contributed by atoms with van der Waals surface area (Å²) in [6.07, 6.45) is 2.13. The van der Waals surface area contributed by atoms with Crippen molar-refractivity contribution in [1.29, 1.82) is 0 Å². The molecule has 0 unspecified atom stereocenters. The van der Waals surface area contributed by atoms with E-state index in [2.05, 4.69) is 0 Å². The second-order valence-electron chi connectivity index (χ2n) is 3.66. The van der Waals surface area contributed by atoms with Crippen LogP contribution in [0.2, 0.25) is 5.02 Å². The third-order valence-corrected chi connectivity index (χ3v) is 2.95. The Kier molecular flexibility index (Phi) is 2.37. The van der Waals surface area contributed by atoms with Crippen molar-refractivity contribution in [2.75, 3.05) is 0 Å². The third kappa shape index (κ3) is 1.57. The molecule has 0 bridgehead atoms. The molecule has 0 spiro atoms. The predicted octanol–water partition coefficient (Wildman–Crippen LogP) is 2.59. The summed E-state index contributed by atoms with van der Waals surface area (Å²) in [5.41, 5.74) is 6.42. The Morgan fingerprint density at radius 3 is 2.71 bits per heavy atom. The molecule has 1 aliphatic carbocycles. The standard InChI is InChI=1S/C10H11ClFNO/c11-8-7(12)4-3-6(10(8)14)9(13)5-1-2-5/h3-5,9,14H,1-2,13H2/t9-/m0/s1. The zero-order chi connectivity index (χ0) is 10.3. The van der Waals surface area contributed by atoms with E-state index in [0.29, 0.717) is 11.5 Å². The van der Waals surface area contributed by atoms with Gasteiger partial charge in [0.25, 0.3) is 0 Å². The van der Waals surface area contributed by atoms with E-state index < -0.39 is 5.82 Å². The maximum atomic E-state index is 12.9. The van der Waals surface area contributed by atoms with Crippen molar-refractivity contribution in [1.82, 2.24) is 0 Å². The number of hydrogen-bond acceptors (Lipinski definition) is 2. The molecule has 2 nitrogen and oxygen atoms in total. The first-order valence-corrected chi connectivity index (χ1v) is 4.91. The van der Waals surface area contributed by atoms with Crippen LogP contribution in [0.3, 0.4) is 0 Å². The van der Waals surface area contributed by atoms with Crippen LogP contribution >= 0.6 is 11.6 Å². The van der Waals surface area contributed by atoms with E-state index in [4.69, 9.17) is 17.3 Å². The summed E-state index contributed by atoms with van der Waals surface area (Å²) in [5, 5.41) is 9.34. The van der Waals surface area contributed by atoms with Gasteiger partial charge in [0.05, 0.1) is 0 Å². The molecule has 1 atom stereocenters. The highest BCUT2D eigenvalue weighted by atomic mass is 35.5. The molecule has 1 saturated carbocycles. The lowest BCUT2D eigenvalue weighted by Crippen LogP contribution is -2.12. The van der Waals surface area contributed by atoms with Gasteiger partial charge in [-0.25, -0.2) is 4.39 Å². The number of hydrogen-bond donors (Lipinski definition) is 2. The number of nitrogens with two attached hydrogens (primary N) is 1. The van der Waals surface area contributed by atoms with Crippen molar-refractivity contribution in [2.24, 2.45) is 11.7 Å². The molecule has 4 heteroatoms. The first kappa shape index (κ1) is 9.74. The Bertz CT molecular complexity index is 365. The lowest BCUT2D eigenvalue weighted by molar-refractivity contribution is 0.450. The molecule has 1 aromatic rings. The molecular formula is C10H11ClFNO. The fraction of sp³-hybridized carbons (Fsp3) is 0.400. The summed E-state index contributed by atoms with van der Waals surface area (Å²) in [6.45, 7) is 0. The van der Waals surface area contributed by atoms with Gasteiger partial charge < -0.3 is 10.8 Å². The molecular weight excluding hydrogens is 205 g/mol. The van der Waals surface area contributed by atoms with Crippen LogP contribution in [0.4, 0.5) is 4.39 Å². The highest BCUT2D eigenvalue weighted by Gasteiger charge is 2.31. The van der Waals surface area contributed by atoms with Gasteiger partial charge in [0.2, 0.25) is 0 Å². The number of benzene rings is 1. The quantitative estimate of drug-likeness (QED) is 0.797. The van der Waals surface area contributed by atoms with Gasteiger partial charge in [-0.3, -0.25) is 0 Å². The van der Waals surface area contributed by atoms with Crippen LogP contribution in [-0.2, 0) is 0 Å². The highest BCUT2D eigenvalue weighted by Crippen LogP contribution is 2.43. The Morgan fingerprint density at radius 2 is 2.14 bits per heavy atom. The number of halogens is 2. The van der Waals surface area contributed by atoms with Crippen LogP contribution < -0.4 is 5.73 Å². The minimum atomic E-state index is -0.615. The lowest BCUT2D eigenvalue weighted by Gasteiger charge is -2.13. The lowest BCUT2D eigenvalue weighted by atomic mass is 10.0. The summed E-state index contributed by atoms with van der Waals surface area (Å²) in [5.74, 6) is -0.426. The van der Waals surface area contributed by atoms with Gasteiger partial charge in [-0.15, -0.1) is 0 Å². The normalized spacial score (nSPS) is 18.2. The molecule has 1 aromatic carbocycles. The summed E-state index contributed by atoms with van der Waals surface area (Å²) < 4.78 is 12.9. The monoisotopic (exact) mass is 215 g/mol. The van der Waals surface area contributed by atoms with Crippen molar-refractivity contribution in [2.45, 2.75) is 18.9 Å². The van der Waals surface area contributed by atoms with Crippen LogP contribution in [0.25, 0.3) is 0 Å². The number of rotatable bonds is 2. The van der Waals surface area contributed by atoms with Gasteiger partial charge in [0.1, 0.15) is 16.6 Å². The summed E-state index contributed by atoms with van der Waals surface area (Å²) in [4.78, 5) is 0. The van der Waals surface area contributed by atoms with Crippen LogP contribution in [0, 0.1) is 11.7 Å². The van der Waals surface area contributed by atoms with E-state index in [1.165, 1.54) is 12.1 Å².